The maximum absolute atomic E-state index is 14.5. The summed E-state index contributed by atoms with van der Waals surface area (Å²) in [5.74, 6) is 0.665. The Bertz CT molecular complexity index is 1290. The Morgan fingerprint density at radius 2 is 2.03 bits per heavy atom. The molecule has 1 aliphatic carbocycles. The van der Waals surface area contributed by atoms with Crippen molar-refractivity contribution in [3.05, 3.63) is 52.3 Å². The first-order valence-electron chi connectivity index (χ1n) is 11.4. The van der Waals surface area contributed by atoms with E-state index >= 15 is 0 Å². The van der Waals surface area contributed by atoms with Crippen LogP contribution in [0.2, 0.25) is 0 Å². The van der Waals surface area contributed by atoms with Crippen LogP contribution < -0.4 is 25.7 Å². The van der Waals surface area contributed by atoms with Gasteiger partial charge in [0.1, 0.15) is 5.52 Å². The van der Waals surface area contributed by atoms with Gasteiger partial charge in [-0.25, -0.2) is 9.37 Å². The molecule has 5 rings (SSSR count). The van der Waals surface area contributed by atoms with Crippen LogP contribution >= 0.6 is 0 Å². The lowest BCUT2D eigenvalue weighted by atomic mass is 9.86. The van der Waals surface area contributed by atoms with Crippen LogP contribution in [0.4, 0.5) is 10.2 Å². The second-order valence-electron chi connectivity index (χ2n) is 8.80. The Kier molecular flexibility index (Phi) is 6.14. The summed E-state index contributed by atoms with van der Waals surface area (Å²) in [6, 6.07) is 7.06. The van der Waals surface area contributed by atoms with Crippen LogP contribution in [-0.4, -0.2) is 39.7 Å². The highest BCUT2D eigenvalue weighted by Crippen LogP contribution is 2.30. The Morgan fingerprint density at radius 1 is 1.21 bits per heavy atom. The summed E-state index contributed by atoms with van der Waals surface area (Å²) in [7, 11) is 1.59. The van der Waals surface area contributed by atoms with Crippen LogP contribution in [0.1, 0.15) is 31.4 Å². The SMILES string of the molecule is Cn1c(=O)ccc2ncc(F)c(OCC3CCC(NCc4ccc5c(n4)NC(=O)CO5)CC3)c21. The molecule has 0 saturated heterocycles. The number of carbonyl (C=O) groups is 1. The molecule has 0 bridgehead atoms. The zero-order chi connectivity index (χ0) is 23.7. The Labute approximate surface area is 195 Å². The average Bonchev–Trinajstić information content (AvgIpc) is 2.85. The number of hydrogen-bond acceptors (Lipinski definition) is 7. The molecule has 4 heterocycles. The third kappa shape index (κ3) is 4.58. The second kappa shape index (κ2) is 9.38. The Morgan fingerprint density at radius 3 is 2.85 bits per heavy atom. The molecule has 0 radical (unpaired) electrons. The van der Waals surface area contributed by atoms with Gasteiger partial charge in [0, 0.05) is 25.7 Å². The normalized spacial score (nSPS) is 19.9. The van der Waals surface area contributed by atoms with Gasteiger partial charge in [0.2, 0.25) is 0 Å². The average molecular weight is 468 g/mol. The lowest BCUT2D eigenvalue weighted by molar-refractivity contribution is -0.118. The molecule has 1 saturated carbocycles. The minimum absolute atomic E-state index is 0.0153. The summed E-state index contributed by atoms with van der Waals surface area (Å²) in [5.41, 5.74) is 1.50. The molecule has 0 atom stereocenters. The van der Waals surface area contributed by atoms with Crippen molar-refractivity contribution in [1.82, 2.24) is 19.9 Å². The van der Waals surface area contributed by atoms with Gasteiger partial charge >= 0.3 is 0 Å². The number of aromatic nitrogens is 3. The quantitative estimate of drug-likeness (QED) is 0.574. The fourth-order valence-corrected chi connectivity index (χ4v) is 4.52. The fourth-order valence-electron chi connectivity index (χ4n) is 4.52. The van der Waals surface area contributed by atoms with E-state index in [1.54, 1.807) is 13.1 Å². The first-order valence-corrected chi connectivity index (χ1v) is 11.4. The van der Waals surface area contributed by atoms with Crippen molar-refractivity contribution in [3.8, 4) is 11.5 Å². The molecule has 3 aromatic heterocycles. The third-order valence-corrected chi connectivity index (χ3v) is 6.46. The first kappa shape index (κ1) is 22.3. The molecule has 34 heavy (non-hydrogen) atoms. The fraction of sp³-hybridized carbons (Fsp3) is 0.417. The molecular weight excluding hydrogens is 441 g/mol. The summed E-state index contributed by atoms with van der Waals surface area (Å²) >= 11 is 0. The van der Waals surface area contributed by atoms with Crippen LogP contribution in [-0.2, 0) is 18.4 Å². The molecule has 0 aromatic carbocycles. The van der Waals surface area contributed by atoms with E-state index in [4.69, 9.17) is 9.47 Å². The van der Waals surface area contributed by atoms with Gasteiger partial charge < -0.3 is 24.7 Å². The van der Waals surface area contributed by atoms with Crippen LogP contribution in [0.15, 0.2) is 35.3 Å². The highest BCUT2D eigenvalue weighted by Gasteiger charge is 2.23. The van der Waals surface area contributed by atoms with E-state index in [-0.39, 0.29) is 23.8 Å². The molecule has 2 aliphatic rings. The summed E-state index contributed by atoms with van der Waals surface area (Å²) in [5, 5.41) is 6.26. The predicted octanol–water partition coefficient (Wildman–Crippen LogP) is 2.53. The molecule has 2 N–H and O–H groups in total. The van der Waals surface area contributed by atoms with Crippen molar-refractivity contribution >= 4 is 22.8 Å². The number of ether oxygens (including phenoxy) is 2. The first-order chi connectivity index (χ1) is 16.5. The van der Waals surface area contributed by atoms with Crippen LogP contribution in [0.3, 0.4) is 0 Å². The maximum Gasteiger partial charge on any atom is 0.263 e. The van der Waals surface area contributed by atoms with Gasteiger partial charge in [-0.15, -0.1) is 0 Å². The number of carbonyl (C=O) groups excluding carboxylic acids is 1. The van der Waals surface area contributed by atoms with E-state index in [9.17, 15) is 14.0 Å². The number of amides is 1. The number of anilines is 1. The van der Waals surface area contributed by atoms with Crippen molar-refractivity contribution in [1.29, 1.82) is 0 Å². The summed E-state index contributed by atoms with van der Waals surface area (Å²) < 4.78 is 27.1. The van der Waals surface area contributed by atoms with Gasteiger partial charge in [0.25, 0.3) is 11.5 Å². The molecular formula is C24H26FN5O4. The molecule has 1 amide bonds. The lowest BCUT2D eigenvalue weighted by Gasteiger charge is -2.29. The van der Waals surface area contributed by atoms with E-state index in [1.807, 2.05) is 12.1 Å². The molecule has 10 heteroatoms. The zero-order valence-corrected chi connectivity index (χ0v) is 18.8. The molecule has 0 spiro atoms. The zero-order valence-electron chi connectivity index (χ0n) is 18.8. The van der Waals surface area contributed by atoms with E-state index in [1.165, 1.54) is 10.6 Å². The van der Waals surface area contributed by atoms with Crippen molar-refractivity contribution in [2.45, 2.75) is 38.3 Å². The number of fused-ring (bicyclic) bond motifs is 2. The number of hydrogen-bond donors (Lipinski definition) is 2. The summed E-state index contributed by atoms with van der Waals surface area (Å²) in [6.45, 7) is 0.997. The highest BCUT2D eigenvalue weighted by molar-refractivity contribution is 5.94. The number of halogens is 1. The van der Waals surface area contributed by atoms with Crippen molar-refractivity contribution < 1.29 is 18.7 Å². The number of nitrogens with zero attached hydrogens (tertiary/aromatic N) is 3. The van der Waals surface area contributed by atoms with Crippen molar-refractivity contribution in [2.24, 2.45) is 13.0 Å². The monoisotopic (exact) mass is 467 g/mol. The lowest BCUT2D eigenvalue weighted by Crippen LogP contribution is -2.34. The third-order valence-electron chi connectivity index (χ3n) is 6.46. The molecule has 1 fully saturated rings. The van der Waals surface area contributed by atoms with Crippen LogP contribution in [0.25, 0.3) is 11.0 Å². The minimum Gasteiger partial charge on any atom is -0.488 e. The topological polar surface area (TPSA) is 107 Å². The molecule has 1 aliphatic heterocycles. The molecule has 3 aromatic rings. The van der Waals surface area contributed by atoms with Crippen molar-refractivity contribution in [3.63, 3.8) is 0 Å². The standard InChI is InChI=1S/C24H26FN5O4/c1-30-21(32)9-7-18-22(30)23(17(25)11-27-18)34-12-14-2-4-15(5-3-14)26-10-16-6-8-19-24(28-16)29-20(31)13-33-19/h6-9,11,14-15,26H,2-5,10,12-13H2,1H3,(H,28,29,31). The van der Waals surface area contributed by atoms with Crippen LogP contribution in [0.5, 0.6) is 11.5 Å². The van der Waals surface area contributed by atoms with Crippen LogP contribution in [0, 0.1) is 11.7 Å². The Hall–Kier alpha value is -3.53. The van der Waals surface area contributed by atoms with E-state index in [0.29, 0.717) is 47.7 Å². The van der Waals surface area contributed by atoms with E-state index in [2.05, 4.69) is 20.6 Å². The highest BCUT2D eigenvalue weighted by atomic mass is 19.1. The predicted molar refractivity (Wildman–Crippen MR) is 123 cm³/mol. The van der Waals surface area contributed by atoms with E-state index in [0.717, 1.165) is 37.6 Å². The number of aryl methyl sites for hydroxylation is 1. The molecule has 0 unspecified atom stereocenters. The van der Waals surface area contributed by atoms with Crippen molar-refractivity contribution in [2.75, 3.05) is 18.5 Å². The van der Waals surface area contributed by atoms with Gasteiger partial charge in [-0.3, -0.25) is 14.6 Å². The number of nitrogens with one attached hydrogen (secondary N) is 2. The smallest absolute Gasteiger partial charge is 0.263 e. The number of pyridine rings is 3. The van der Waals surface area contributed by atoms with Gasteiger partial charge in [0.15, 0.2) is 29.7 Å². The molecule has 9 nitrogen and oxygen atoms in total. The van der Waals surface area contributed by atoms with Gasteiger partial charge in [-0.2, -0.15) is 0 Å². The summed E-state index contributed by atoms with van der Waals surface area (Å²) in [6.07, 6.45) is 4.97. The van der Waals surface area contributed by atoms with Gasteiger partial charge in [-0.05, 0) is 49.8 Å². The second-order valence-corrected chi connectivity index (χ2v) is 8.80. The van der Waals surface area contributed by atoms with E-state index < -0.39 is 5.82 Å². The largest absolute Gasteiger partial charge is 0.488 e. The summed E-state index contributed by atoms with van der Waals surface area (Å²) in [4.78, 5) is 32.0. The van der Waals surface area contributed by atoms with Gasteiger partial charge in [-0.1, -0.05) is 0 Å². The molecule has 178 valence electrons. The minimum atomic E-state index is -0.566. The Balaban J connectivity index is 1.15. The number of rotatable bonds is 6. The maximum atomic E-state index is 14.5. The van der Waals surface area contributed by atoms with Gasteiger partial charge in [0.05, 0.1) is 24.0 Å².